The number of aromatic nitrogens is 1. The Hall–Kier alpha value is -0.740. The Morgan fingerprint density at radius 1 is 1.42 bits per heavy atom. The average molecular weight is 281 g/mol. The highest BCUT2D eigenvalue weighted by Crippen LogP contribution is 2.32. The summed E-state index contributed by atoms with van der Waals surface area (Å²) >= 11 is 1.89. The zero-order valence-electron chi connectivity index (χ0n) is 11.5. The number of ether oxygens (including phenoxy) is 1. The molecule has 1 heterocycles. The van der Waals surface area contributed by atoms with Gasteiger partial charge in [-0.25, -0.2) is 0 Å². The van der Waals surface area contributed by atoms with Gasteiger partial charge < -0.3 is 9.84 Å². The summed E-state index contributed by atoms with van der Waals surface area (Å²) in [6.45, 7) is 2.77. The first kappa shape index (κ1) is 14.7. The lowest BCUT2D eigenvalue weighted by molar-refractivity contribution is 0.202. The van der Waals surface area contributed by atoms with Crippen LogP contribution in [0.3, 0.4) is 0 Å². The van der Waals surface area contributed by atoms with E-state index in [-0.39, 0.29) is 0 Å². The molecule has 2 rings (SSSR count). The molecule has 0 aromatic carbocycles. The van der Waals surface area contributed by atoms with Gasteiger partial charge in [-0.15, -0.1) is 0 Å². The quantitative estimate of drug-likeness (QED) is 0.829. The van der Waals surface area contributed by atoms with Crippen LogP contribution in [-0.2, 0) is 0 Å². The van der Waals surface area contributed by atoms with Crippen molar-refractivity contribution in [2.45, 2.75) is 50.4 Å². The molecule has 0 saturated heterocycles. The minimum absolute atomic E-state index is 0.441. The fourth-order valence-corrected chi connectivity index (χ4v) is 3.61. The number of rotatable bonds is 7. The summed E-state index contributed by atoms with van der Waals surface area (Å²) in [6.07, 6.45) is 9.26. The molecule has 1 unspecified atom stereocenters. The lowest BCUT2D eigenvalue weighted by atomic mass is 10.2. The van der Waals surface area contributed by atoms with E-state index in [1.807, 2.05) is 17.8 Å². The summed E-state index contributed by atoms with van der Waals surface area (Å²) < 4.78 is 5.54. The van der Waals surface area contributed by atoms with Crippen LogP contribution >= 0.6 is 11.8 Å². The number of aliphatic hydroxyl groups is 1. The van der Waals surface area contributed by atoms with Gasteiger partial charge in [-0.2, -0.15) is 11.8 Å². The number of pyridine rings is 1. The van der Waals surface area contributed by atoms with Gasteiger partial charge in [0.2, 0.25) is 0 Å². The van der Waals surface area contributed by atoms with Gasteiger partial charge in [0.15, 0.2) is 0 Å². The summed E-state index contributed by atoms with van der Waals surface area (Å²) in [4.78, 5) is 4.14. The van der Waals surface area contributed by atoms with Gasteiger partial charge in [0.1, 0.15) is 5.75 Å². The number of aliphatic hydroxyl groups excluding tert-OH is 1. The monoisotopic (exact) mass is 281 g/mol. The molecule has 0 amide bonds. The molecule has 4 heteroatoms. The molecule has 1 aliphatic carbocycles. The third-order valence-corrected chi connectivity index (χ3v) is 4.83. The maximum absolute atomic E-state index is 10.2. The largest absolute Gasteiger partial charge is 0.492 e. The zero-order chi connectivity index (χ0) is 13.5. The van der Waals surface area contributed by atoms with Crippen molar-refractivity contribution in [3.8, 4) is 5.75 Å². The molecule has 1 atom stereocenters. The Balaban J connectivity index is 1.84. The second-order valence-corrected chi connectivity index (χ2v) is 6.39. The second-order valence-electron chi connectivity index (χ2n) is 5.06. The molecule has 0 bridgehead atoms. The smallest absolute Gasteiger partial charge is 0.137 e. The molecule has 1 aromatic rings. The molecule has 106 valence electrons. The molecular formula is C15H23NO2S. The van der Waals surface area contributed by atoms with E-state index in [1.165, 1.54) is 25.7 Å². The van der Waals surface area contributed by atoms with E-state index in [0.29, 0.717) is 6.61 Å². The van der Waals surface area contributed by atoms with E-state index in [1.54, 1.807) is 12.4 Å². The van der Waals surface area contributed by atoms with Crippen molar-refractivity contribution in [1.82, 2.24) is 4.98 Å². The number of hydrogen-bond donors (Lipinski definition) is 1. The van der Waals surface area contributed by atoms with Gasteiger partial charge >= 0.3 is 0 Å². The maximum Gasteiger partial charge on any atom is 0.137 e. The van der Waals surface area contributed by atoms with Crippen LogP contribution in [0.4, 0.5) is 0 Å². The van der Waals surface area contributed by atoms with E-state index in [4.69, 9.17) is 4.74 Å². The second kappa shape index (κ2) is 7.75. The first-order valence-corrected chi connectivity index (χ1v) is 8.22. The molecule has 0 aliphatic heterocycles. The first-order valence-electron chi connectivity index (χ1n) is 7.17. The highest BCUT2D eigenvalue weighted by molar-refractivity contribution is 7.99. The van der Waals surface area contributed by atoms with Crippen molar-refractivity contribution in [3.05, 3.63) is 24.0 Å². The van der Waals surface area contributed by atoms with Gasteiger partial charge in [-0.3, -0.25) is 4.98 Å². The molecule has 1 aliphatic rings. The lowest BCUT2D eigenvalue weighted by Gasteiger charge is -2.14. The predicted molar refractivity (Wildman–Crippen MR) is 79.7 cm³/mol. The maximum atomic E-state index is 10.2. The normalized spacial score (nSPS) is 17.6. The van der Waals surface area contributed by atoms with Crippen molar-refractivity contribution in [2.24, 2.45) is 0 Å². The van der Waals surface area contributed by atoms with Gasteiger partial charge in [0.25, 0.3) is 0 Å². The summed E-state index contributed by atoms with van der Waals surface area (Å²) in [5.41, 5.74) is 0.860. The summed E-state index contributed by atoms with van der Waals surface area (Å²) in [7, 11) is 0. The van der Waals surface area contributed by atoms with Crippen molar-refractivity contribution >= 4 is 11.8 Å². The molecule has 0 spiro atoms. The topological polar surface area (TPSA) is 42.4 Å². The lowest BCUT2D eigenvalue weighted by Crippen LogP contribution is -2.06. The van der Waals surface area contributed by atoms with Crippen molar-refractivity contribution in [3.63, 3.8) is 0 Å². The Bertz CT molecular complexity index is 380. The van der Waals surface area contributed by atoms with Crippen molar-refractivity contribution in [2.75, 3.05) is 12.4 Å². The Kier molecular flexibility index (Phi) is 5.98. The molecule has 1 fully saturated rings. The predicted octanol–water partition coefficient (Wildman–Crippen LogP) is 3.58. The number of nitrogens with zero attached hydrogens (tertiary/aromatic N) is 1. The minimum atomic E-state index is -0.441. The van der Waals surface area contributed by atoms with Gasteiger partial charge in [-0.1, -0.05) is 19.8 Å². The van der Waals surface area contributed by atoms with Crippen LogP contribution in [0.25, 0.3) is 0 Å². The SMILES string of the molecule is CCCOc1cncc(C(O)CSC2CCCC2)c1. The van der Waals surface area contributed by atoms with Gasteiger partial charge in [0, 0.05) is 22.8 Å². The molecule has 3 nitrogen and oxygen atoms in total. The minimum Gasteiger partial charge on any atom is -0.492 e. The fourth-order valence-electron chi connectivity index (χ4n) is 2.30. The van der Waals surface area contributed by atoms with Crippen LogP contribution in [0.1, 0.15) is 50.7 Å². The van der Waals surface area contributed by atoms with E-state index in [9.17, 15) is 5.11 Å². The van der Waals surface area contributed by atoms with Crippen LogP contribution in [-0.4, -0.2) is 27.7 Å². The van der Waals surface area contributed by atoms with Crippen molar-refractivity contribution < 1.29 is 9.84 Å². The first-order chi connectivity index (χ1) is 9.29. The molecule has 1 N–H and O–H groups in total. The summed E-state index contributed by atoms with van der Waals surface area (Å²) in [6, 6.07) is 1.91. The van der Waals surface area contributed by atoms with Gasteiger partial charge in [0.05, 0.1) is 18.9 Å². The molecule has 1 saturated carbocycles. The van der Waals surface area contributed by atoms with Gasteiger partial charge in [-0.05, 0) is 25.3 Å². The Morgan fingerprint density at radius 3 is 2.95 bits per heavy atom. The van der Waals surface area contributed by atoms with E-state index >= 15 is 0 Å². The van der Waals surface area contributed by atoms with E-state index in [2.05, 4.69) is 11.9 Å². The molecule has 1 aromatic heterocycles. The van der Waals surface area contributed by atoms with Crippen LogP contribution in [0.2, 0.25) is 0 Å². The fraction of sp³-hybridized carbons (Fsp3) is 0.667. The van der Waals surface area contributed by atoms with Crippen molar-refractivity contribution in [1.29, 1.82) is 0 Å². The number of hydrogen-bond acceptors (Lipinski definition) is 4. The third kappa shape index (κ3) is 4.69. The zero-order valence-corrected chi connectivity index (χ0v) is 12.4. The van der Waals surface area contributed by atoms with Crippen LogP contribution in [0.15, 0.2) is 18.5 Å². The third-order valence-electron chi connectivity index (χ3n) is 3.38. The highest BCUT2D eigenvalue weighted by atomic mass is 32.2. The molecule has 19 heavy (non-hydrogen) atoms. The summed E-state index contributed by atoms with van der Waals surface area (Å²) in [5.74, 6) is 1.51. The van der Waals surface area contributed by atoms with E-state index in [0.717, 1.165) is 28.7 Å². The average Bonchev–Trinajstić information content (AvgIpc) is 2.96. The number of thioether (sulfide) groups is 1. The highest BCUT2D eigenvalue weighted by Gasteiger charge is 2.18. The van der Waals surface area contributed by atoms with Crippen LogP contribution in [0, 0.1) is 0 Å². The van der Waals surface area contributed by atoms with Crippen LogP contribution < -0.4 is 4.74 Å². The van der Waals surface area contributed by atoms with Crippen LogP contribution in [0.5, 0.6) is 5.75 Å². The molecular weight excluding hydrogens is 258 g/mol. The Morgan fingerprint density at radius 2 is 2.21 bits per heavy atom. The summed E-state index contributed by atoms with van der Waals surface area (Å²) in [5, 5.41) is 11.0. The molecule has 0 radical (unpaired) electrons. The standard InChI is InChI=1S/C15H23NO2S/c1-2-7-18-13-8-12(9-16-10-13)15(17)11-19-14-5-3-4-6-14/h8-10,14-15,17H,2-7,11H2,1H3. The Labute approximate surface area is 119 Å². The van der Waals surface area contributed by atoms with E-state index < -0.39 is 6.10 Å².